The number of fused-ring (bicyclic) bond motifs is 2. The Kier molecular flexibility index (Phi) is 2.19. The monoisotopic (exact) mass is 157 g/mol. The second-order valence-corrected chi connectivity index (χ2v) is 4.74. The minimum Gasteiger partial charge on any atom is -0.316 e. The fraction of sp³-hybridized carbons (Fsp3) is 1.00. The number of thioether (sulfide) groups is 1. The highest BCUT2D eigenvalue weighted by molar-refractivity contribution is 8.00. The van der Waals surface area contributed by atoms with E-state index in [2.05, 4.69) is 17.1 Å². The number of rotatable bonds is 0. The lowest BCUT2D eigenvalue weighted by Crippen LogP contribution is -2.26. The van der Waals surface area contributed by atoms with Crippen molar-refractivity contribution in [1.82, 2.24) is 5.32 Å². The molecule has 2 unspecified atom stereocenters. The summed E-state index contributed by atoms with van der Waals surface area (Å²) in [6.45, 7) is 2.52. The predicted octanol–water partition coefficient (Wildman–Crippen LogP) is 1.49. The van der Waals surface area contributed by atoms with E-state index in [1.54, 1.807) is 0 Å². The molecule has 2 aliphatic heterocycles. The molecule has 1 nitrogen and oxygen atoms in total. The first kappa shape index (κ1) is 6.99. The summed E-state index contributed by atoms with van der Waals surface area (Å²) in [6, 6.07) is 0. The van der Waals surface area contributed by atoms with E-state index in [4.69, 9.17) is 0 Å². The minimum absolute atomic E-state index is 0.949. The lowest BCUT2D eigenvalue weighted by atomic mass is 9.98. The molecule has 1 N–H and O–H groups in total. The van der Waals surface area contributed by atoms with Crippen LogP contribution in [0.2, 0.25) is 0 Å². The van der Waals surface area contributed by atoms with Gasteiger partial charge in [0.2, 0.25) is 0 Å². The summed E-state index contributed by atoms with van der Waals surface area (Å²) in [5, 5.41) is 4.44. The lowest BCUT2D eigenvalue weighted by molar-refractivity contribution is 0.445. The maximum Gasteiger partial charge on any atom is 0.0175 e. The smallest absolute Gasteiger partial charge is 0.0175 e. The Morgan fingerprint density at radius 2 is 2.40 bits per heavy atom. The first-order valence-corrected chi connectivity index (χ1v) is 5.32. The summed E-state index contributed by atoms with van der Waals surface area (Å²) < 4.78 is 0. The van der Waals surface area contributed by atoms with E-state index in [1.807, 2.05) is 0 Å². The molecule has 2 fully saturated rings. The predicted molar refractivity (Wildman–Crippen MR) is 46.5 cm³/mol. The molecule has 0 radical (unpaired) electrons. The molecular weight excluding hydrogens is 142 g/mol. The first-order chi connectivity index (χ1) is 4.95. The van der Waals surface area contributed by atoms with Crippen LogP contribution in [-0.2, 0) is 0 Å². The van der Waals surface area contributed by atoms with Crippen molar-refractivity contribution in [3.8, 4) is 0 Å². The van der Waals surface area contributed by atoms with Gasteiger partial charge in [0.1, 0.15) is 0 Å². The quantitative estimate of drug-likeness (QED) is 0.572. The molecule has 0 aromatic carbocycles. The third kappa shape index (κ3) is 1.48. The van der Waals surface area contributed by atoms with E-state index in [9.17, 15) is 0 Å². The Hall–Kier alpha value is 0.310. The highest BCUT2D eigenvalue weighted by atomic mass is 32.2. The average Bonchev–Trinajstić information content (AvgIpc) is 2.30. The summed E-state index contributed by atoms with van der Waals surface area (Å²) in [4.78, 5) is 0. The van der Waals surface area contributed by atoms with Crippen molar-refractivity contribution in [3.05, 3.63) is 0 Å². The third-order valence-electron chi connectivity index (χ3n) is 2.50. The highest BCUT2D eigenvalue weighted by Crippen LogP contribution is 2.34. The zero-order valence-electron chi connectivity index (χ0n) is 6.31. The minimum atomic E-state index is 0.949. The molecule has 2 atom stereocenters. The van der Waals surface area contributed by atoms with Crippen LogP contribution in [0.5, 0.6) is 0 Å². The van der Waals surface area contributed by atoms with Crippen LogP contribution in [0.3, 0.4) is 0 Å². The van der Waals surface area contributed by atoms with Gasteiger partial charge in [0.15, 0.2) is 0 Å². The molecule has 2 rings (SSSR count). The van der Waals surface area contributed by atoms with Gasteiger partial charge in [-0.15, -0.1) is 0 Å². The van der Waals surface area contributed by atoms with Gasteiger partial charge in [-0.3, -0.25) is 0 Å². The summed E-state index contributed by atoms with van der Waals surface area (Å²) in [6.07, 6.45) is 4.35. The molecule has 0 saturated carbocycles. The molecule has 10 heavy (non-hydrogen) atoms. The summed E-state index contributed by atoms with van der Waals surface area (Å²) >= 11 is 2.18. The van der Waals surface area contributed by atoms with Crippen molar-refractivity contribution in [2.24, 2.45) is 5.92 Å². The van der Waals surface area contributed by atoms with Gasteiger partial charge in [-0.05, 0) is 37.5 Å². The van der Waals surface area contributed by atoms with Gasteiger partial charge < -0.3 is 5.32 Å². The van der Waals surface area contributed by atoms with Crippen LogP contribution in [-0.4, -0.2) is 24.1 Å². The van der Waals surface area contributed by atoms with E-state index in [-0.39, 0.29) is 0 Å². The Labute approximate surface area is 67.0 Å². The zero-order chi connectivity index (χ0) is 6.81. The topological polar surface area (TPSA) is 12.0 Å². The maximum absolute atomic E-state index is 3.49. The van der Waals surface area contributed by atoms with Crippen LogP contribution in [0, 0.1) is 5.92 Å². The van der Waals surface area contributed by atoms with E-state index in [0.717, 1.165) is 11.2 Å². The molecule has 0 aromatic heterocycles. The Morgan fingerprint density at radius 1 is 1.40 bits per heavy atom. The molecule has 0 aromatic rings. The summed E-state index contributed by atoms with van der Waals surface area (Å²) in [7, 11) is 0. The third-order valence-corrected chi connectivity index (χ3v) is 4.00. The Bertz CT molecular complexity index is 104. The van der Waals surface area contributed by atoms with Gasteiger partial charge >= 0.3 is 0 Å². The van der Waals surface area contributed by atoms with E-state index in [1.165, 1.54) is 38.1 Å². The first-order valence-electron chi connectivity index (χ1n) is 4.27. The van der Waals surface area contributed by atoms with Crippen LogP contribution in [0.1, 0.15) is 19.3 Å². The van der Waals surface area contributed by atoms with Gasteiger partial charge in [-0.2, -0.15) is 11.8 Å². The fourth-order valence-electron chi connectivity index (χ4n) is 1.90. The van der Waals surface area contributed by atoms with Crippen LogP contribution in [0.4, 0.5) is 0 Å². The van der Waals surface area contributed by atoms with Crippen molar-refractivity contribution >= 4 is 11.8 Å². The van der Waals surface area contributed by atoms with Crippen molar-refractivity contribution in [2.45, 2.75) is 24.5 Å². The Morgan fingerprint density at radius 3 is 3.40 bits per heavy atom. The van der Waals surface area contributed by atoms with Gasteiger partial charge in [-0.25, -0.2) is 0 Å². The largest absolute Gasteiger partial charge is 0.316 e. The molecular formula is C8H15NS. The van der Waals surface area contributed by atoms with Crippen LogP contribution < -0.4 is 5.32 Å². The maximum atomic E-state index is 3.49. The van der Waals surface area contributed by atoms with Crippen LogP contribution in [0.25, 0.3) is 0 Å². The summed E-state index contributed by atoms with van der Waals surface area (Å²) in [5.74, 6) is 2.50. The Balaban J connectivity index is 1.91. The van der Waals surface area contributed by atoms with Gasteiger partial charge in [-0.1, -0.05) is 0 Å². The van der Waals surface area contributed by atoms with Crippen molar-refractivity contribution in [1.29, 1.82) is 0 Å². The van der Waals surface area contributed by atoms with Gasteiger partial charge in [0.05, 0.1) is 0 Å². The van der Waals surface area contributed by atoms with E-state index < -0.39 is 0 Å². The standard InChI is InChI=1S/C8H15NS/c1-2-7-4-8(10-6-7)5-9-3-1/h7-9H,1-6H2. The molecule has 2 heteroatoms. The number of hydrogen-bond donors (Lipinski definition) is 1. The molecule has 0 aliphatic carbocycles. The van der Waals surface area contributed by atoms with Gasteiger partial charge in [0.25, 0.3) is 0 Å². The fourth-order valence-corrected chi connectivity index (χ4v) is 3.39. The van der Waals surface area contributed by atoms with E-state index in [0.29, 0.717) is 0 Å². The van der Waals surface area contributed by atoms with E-state index >= 15 is 0 Å². The van der Waals surface area contributed by atoms with Crippen LogP contribution in [0.15, 0.2) is 0 Å². The normalized spacial score (nSPS) is 40.8. The summed E-state index contributed by atoms with van der Waals surface area (Å²) in [5.41, 5.74) is 0. The van der Waals surface area contributed by atoms with Gasteiger partial charge in [0, 0.05) is 11.8 Å². The molecule has 2 aliphatic rings. The molecule has 0 spiro atoms. The second-order valence-electron chi connectivity index (χ2n) is 3.40. The highest BCUT2D eigenvalue weighted by Gasteiger charge is 2.25. The number of hydrogen-bond acceptors (Lipinski definition) is 2. The van der Waals surface area contributed by atoms with Crippen LogP contribution >= 0.6 is 11.8 Å². The molecule has 2 heterocycles. The number of nitrogens with one attached hydrogen (secondary N) is 1. The van der Waals surface area contributed by atoms with Crippen molar-refractivity contribution < 1.29 is 0 Å². The second kappa shape index (κ2) is 3.14. The lowest BCUT2D eigenvalue weighted by Gasteiger charge is -2.15. The van der Waals surface area contributed by atoms with Crippen molar-refractivity contribution in [2.75, 3.05) is 18.8 Å². The molecule has 2 saturated heterocycles. The molecule has 2 bridgehead atoms. The van der Waals surface area contributed by atoms with Crippen molar-refractivity contribution in [3.63, 3.8) is 0 Å². The molecule has 58 valence electrons. The SMILES string of the molecule is C1CNCC2CC(C1)CS2. The zero-order valence-corrected chi connectivity index (χ0v) is 7.12. The molecule has 0 amide bonds. The average molecular weight is 157 g/mol.